The van der Waals surface area contributed by atoms with Gasteiger partial charge in [-0.2, -0.15) is 0 Å². The van der Waals surface area contributed by atoms with Crippen molar-refractivity contribution in [2.24, 2.45) is 0 Å². The smallest absolute Gasteiger partial charge is 0.300 e. The number of amides is 1. The normalized spacial score (nSPS) is 17.8. The highest BCUT2D eigenvalue weighted by Gasteiger charge is 2.48. The molecule has 1 unspecified atom stereocenters. The van der Waals surface area contributed by atoms with Crippen LogP contribution in [0.25, 0.3) is 5.76 Å². The van der Waals surface area contributed by atoms with Crippen molar-refractivity contribution in [2.75, 3.05) is 19.1 Å². The number of aliphatic hydroxyl groups is 1. The van der Waals surface area contributed by atoms with Crippen LogP contribution in [-0.2, 0) is 9.59 Å². The highest BCUT2D eigenvalue weighted by atomic mass is 19.1. The minimum atomic E-state index is -1.04. The van der Waals surface area contributed by atoms with E-state index in [-0.39, 0.29) is 16.9 Å². The molecule has 31 heavy (non-hydrogen) atoms. The Balaban J connectivity index is 1.93. The van der Waals surface area contributed by atoms with Gasteiger partial charge in [-0.15, -0.1) is 0 Å². The molecule has 7 nitrogen and oxygen atoms in total. The van der Waals surface area contributed by atoms with E-state index >= 15 is 0 Å². The number of anilines is 1. The molecule has 2 aromatic carbocycles. The molecule has 0 spiro atoms. The summed E-state index contributed by atoms with van der Waals surface area (Å²) >= 11 is 0. The van der Waals surface area contributed by atoms with Crippen molar-refractivity contribution < 1.29 is 33.0 Å². The maximum atomic E-state index is 13.3. The molecular weight excluding hydrogens is 405 g/mol. The van der Waals surface area contributed by atoms with Crippen LogP contribution in [0.5, 0.6) is 11.5 Å². The Morgan fingerprint density at radius 2 is 1.68 bits per heavy atom. The molecule has 1 N–H and O–H groups in total. The molecule has 0 bridgehead atoms. The number of carbonyl (C=O) groups is 2. The number of benzene rings is 2. The fourth-order valence-electron chi connectivity index (χ4n) is 3.51. The van der Waals surface area contributed by atoms with E-state index < -0.39 is 29.3 Å². The molecule has 158 valence electrons. The van der Waals surface area contributed by atoms with Gasteiger partial charge in [0.25, 0.3) is 11.7 Å². The molecule has 1 saturated heterocycles. The van der Waals surface area contributed by atoms with Gasteiger partial charge in [-0.3, -0.25) is 14.5 Å². The molecule has 2 heterocycles. The summed E-state index contributed by atoms with van der Waals surface area (Å²) in [7, 11) is 2.93. The maximum absolute atomic E-state index is 13.3. The predicted octanol–water partition coefficient (Wildman–Crippen LogP) is 4.06. The number of rotatable bonds is 5. The standard InChI is InChI=1S/C23H18FNO6/c1-29-16-10-15(11-17(12-16)30-2)25-20(18-4-3-9-31-18)19(22(27)23(25)28)21(26)13-5-7-14(24)8-6-13/h3-12,20,26H,1-2H3/b21-19-. The zero-order valence-electron chi connectivity index (χ0n) is 16.7. The van der Waals surface area contributed by atoms with Crippen LogP contribution in [-0.4, -0.2) is 31.0 Å². The third-order valence-corrected chi connectivity index (χ3v) is 4.99. The molecule has 0 radical (unpaired) electrons. The Labute approximate surface area is 176 Å². The van der Waals surface area contributed by atoms with Gasteiger partial charge in [-0.05, 0) is 36.4 Å². The average molecular weight is 423 g/mol. The van der Waals surface area contributed by atoms with E-state index in [4.69, 9.17) is 13.9 Å². The molecular formula is C23H18FNO6. The number of carbonyl (C=O) groups excluding carboxylic acids is 2. The van der Waals surface area contributed by atoms with Gasteiger partial charge in [0.05, 0.1) is 31.7 Å². The van der Waals surface area contributed by atoms with Crippen LogP contribution in [0.4, 0.5) is 10.1 Å². The Morgan fingerprint density at radius 3 is 2.23 bits per heavy atom. The fraction of sp³-hybridized carbons (Fsp3) is 0.130. The molecule has 3 aromatic rings. The van der Waals surface area contributed by atoms with Crippen molar-refractivity contribution in [3.05, 3.63) is 83.6 Å². The summed E-state index contributed by atoms with van der Waals surface area (Å²) in [6, 6.07) is 11.9. The second-order valence-corrected chi connectivity index (χ2v) is 6.76. The summed E-state index contributed by atoms with van der Waals surface area (Å²) in [5.74, 6) is -1.60. The first-order valence-corrected chi connectivity index (χ1v) is 9.28. The van der Waals surface area contributed by atoms with Gasteiger partial charge in [0, 0.05) is 23.8 Å². The van der Waals surface area contributed by atoms with Gasteiger partial charge >= 0.3 is 0 Å². The molecule has 1 amide bonds. The number of aliphatic hydroxyl groups excluding tert-OH is 1. The summed E-state index contributed by atoms with van der Waals surface area (Å²) in [5, 5.41) is 10.9. The topological polar surface area (TPSA) is 89.2 Å². The summed E-state index contributed by atoms with van der Waals surface area (Å²) in [6.07, 6.45) is 1.40. The lowest BCUT2D eigenvalue weighted by Gasteiger charge is -2.24. The van der Waals surface area contributed by atoms with Gasteiger partial charge in [0.1, 0.15) is 34.9 Å². The third-order valence-electron chi connectivity index (χ3n) is 4.99. The number of furan rings is 1. The first-order chi connectivity index (χ1) is 14.9. The van der Waals surface area contributed by atoms with Gasteiger partial charge in [-0.1, -0.05) is 0 Å². The van der Waals surface area contributed by atoms with E-state index in [9.17, 15) is 19.1 Å². The highest BCUT2D eigenvalue weighted by Crippen LogP contribution is 2.44. The Kier molecular flexibility index (Phi) is 5.21. The number of methoxy groups -OCH3 is 2. The van der Waals surface area contributed by atoms with Gasteiger partial charge in [-0.25, -0.2) is 4.39 Å². The van der Waals surface area contributed by atoms with E-state index in [0.717, 1.165) is 12.1 Å². The number of nitrogens with zero attached hydrogens (tertiary/aromatic N) is 1. The number of ether oxygens (including phenoxy) is 2. The van der Waals surface area contributed by atoms with E-state index in [1.54, 1.807) is 30.3 Å². The van der Waals surface area contributed by atoms with Crippen LogP contribution in [0.2, 0.25) is 0 Å². The molecule has 4 rings (SSSR count). The second kappa shape index (κ2) is 7.98. The largest absolute Gasteiger partial charge is 0.507 e. The molecule has 8 heteroatoms. The van der Waals surface area contributed by atoms with Gasteiger partial charge < -0.3 is 19.0 Å². The maximum Gasteiger partial charge on any atom is 0.300 e. The van der Waals surface area contributed by atoms with Crippen molar-refractivity contribution in [1.29, 1.82) is 0 Å². The number of hydrogen-bond acceptors (Lipinski definition) is 6. The van der Waals surface area contributed by atoms with E-state index in [2.05, 4.69) is 0 Å². The van der Waals surface area contributed by atoms with Crippen LogP contribution < -0.4 is 14.4 Å². The van der Waals surface area contributed by atoms with E-state index in [1.165, 1.54) is 37.5 Å². The molecule has 1 fully saturated rings. The monoisotopic (exact) mass is 423 g/mol. The predicted molar refractivity (Wildman–Crippen MR) is 109 cm³/mol. The molecule has 0 saturated carbocycles. The zero-order valence-corrected chi connectivity index (χ0v) is 16.7. The Bertz CT molecular complexity index is 1150. The third kappa shape index (κ3) is 3.52. The molecule has 1 atom stereocenters. The first kappa shape index (κ1) is 20.2. The first-order valence-electron chi connectivity index (χ1n) is 9.28. The summed E-state index contributed by atoms with van der Waals surface area (Å²) in [5.41, 5.74) is 0.338. The minimum absolute atomic E-state index is 0.173. The molecule has 0 aliphatic carbocycles. The van der Waals surface area contributed by atoms with Crippen LogP contribution >= 0.6 is 0 Å². The highest BCUT2D eigenvalue weighted by molar-refractivity contribution is 6.51. The van der Waals surface area contributed by atoms with Crippen molar-refractivity contribution in [3.63, 3.8) is 0 Å². The SMILES string of the molecule is COc1cc(OC)cc(N2C(=O)C(=O)/C(=C(\O)c3ccc(F)cc3)C2c2ccco2)c1. The number of halogens is 1. The number of Topliss-reactive ketones (excluding diaryl/α,β-unsaturated/α-hetero) is 1. The number of hydrogen-bond donors (Lipinski definition) is 1. The molecule has 1 aromatic heterocycles. The average Bonchev–Trinajstić information content (AvgIpc) is 3.40. The zero-order chi connectivity index (χ0) is 22.1. The van der Waals surface area contributed by atoms with Crippen LogP contribution in [0.1, 0.15) is 17.4 Å². The van der Waals surface area contributed by atoms with Crippen molar-refractivity contribution in [2.45, 2.75) is 6.04 Å². The minimum Gasteiger partial charge on any atom is -0.507 e. The molecule has 1 aliphatic rings. The lowest BCUT2D eigenvalue weighted by Crippen LogP contribution is -2.29. The van der Waals surface area contributed by atoms with E-state index in [0.29, 0.717) is 17.2 Å². The summed E-state index contributed by atoms with van der Waals surface area (Å²) < 4.78 is 29.4. The van der Waals surface area contributed by atoms with Gasteiger partial charge in [0.15, 0.2) is 0 Å². The van der Waals surface area contributed by atoms with E-state index in [1.807, 2.05) is 0 Å². The van der Waals surface area contributed by atoms with Gasteiger partial charge in [0.2, 0.25) is 0 Å². The van der Waals surface area contributed by atoms with Crippen molar-refractivity contribution >= 4 is 23.1 Å². The fourth-order valence-corrected chi connectivity index (χ4v) is 3.51. The summed E-state index contributed by atoms with van der Waals surface area (Å²) in [4.78, 5) is 27.3. The van der Waals surface area contributed by atoms with Crippen LogP contribution in [0.15, 0.2) is 70.9 Å². The second-order valence-electron chi connectivity index (χ2n) is 6.76. The lowest BCUT2D eigenvalue weighted by atomic mass is 9.99. The number of ketones is 1. The van der Waals surface area contributed by atoms with Crippen LogP contribution in [0.3, 0.4) is 0 Å². The molecule has 1 aliphatic heterocycles. The van der Waals surface area contributed by atoms with Crippen LogP contribution in [0, 0.1) is 5.82 Å². The Hall–Kier alpha value is -4.07. The Morgan fingerprint density at radius 1 is 1.03 bits per heavy atom. The van der Waals surface area contributed by atoms with Crippen molar-refractivity contribution in [1.82, 2.24) is 0 Å². The van der Waals surface area contributed by atoms with Crippen molar-refractivity contribution in [3.8, 4) is 11.5 Å². The summed E-state index contributed by atoms with van der Waals surface area (Å²) in [6.45, 7) is 0. The lowest BCUT2D eigenvalue weighted by molar-refractivity contribution is -0.132. The quantitative estimate of drug-likeness (QED) is 0.378.